The minimum Gasteiger partial charge on any atom is -0.370 e. The van der Waals surface area contributed by atoms with Crippen LogP contribution < -0.4 is 10.7 Å². The van der Waals surface area contributed by atoms with E-state index in [1.54, 1.807) is 0 Å². The van der Waals surface area contributed by atoms with Crippen molar-refractivity contribution in [1.82, 2.24) is 15.0 Å². The van der Waals surface area contributed by atoms with Crippen molar-refractivity contribution in [1.29, 1.82) is 0 Å². The van der Waals surface area contributed by atoms with Gasteiger partial charge in [-0.05, 0) is 26.2 Å². The second kappa shape index (κ2) is 7.43. The van der Waals surface area contributed by atoms with Gasteiger partial charge in [0, 0.05) is 31.6 Å². The molecule has 0 radical (unpaired) electrons. The maximum Gasteiger partial charge on any atom is 0.149 e. The highest BCUT2D eigenvalue weighted by atomic mass is 15.5. The largest absolute Gasteiger partial charge is 0.370 e. The van der Waals surface area contributed by atoms with E-state index in [2.05, 4.69) is 46.5 Å². The molecular weight excluding hydrogens is 250 g/mol. The third kappa shape index (κ3) is 3.82. The van der Waals surface area contributed by atoms with Gasteiger partial charge in [-0.25, -0.2) is 15.0 Å². The second-order valence-corrected chi connectivity index (χ2v) is 5.40. The van der Waals surface area contributed by atoms with Crippen molar-refractivity contribution < 1.29 is 0 Å². The van der Waals surface area contributed by atoms with Crippen LogP contribution in [0.25, 0.3) is 0 Å². The normalized spacial score (nSPS) is 16.1. The van der Waals surface area contributed by atoms with Gasteiger partial charge in [-0.15, -0.1) is 0 Å². The average Bonchev–Trinajstić information content (AvgIpc) is 2.49. The van der Waals surface area contributed by atoms with E-state index in [0.717, 1.165) is 55.5 Å². The summed E-state index contributed by atoms with van der Waals surface area (Å²) in [5.41, 5.74) is 4.60. The number of rotatable bonds is 6. The number of hydrazine groups is 1. The molecule has 1 aliphatic heterocycles. The Labute approximate surface area is 122 Å². The number of piperidine rings is 1. The molecule has 20 heavy (non-hydrogen) atoms. The smallest absolute Gasteiger partial charge is 0.149 e. The number of aryl methyl sites for hydroxylation is 1. The van der Waals surface area contributed by atoms with Crippen molar-refractivity contribution in [3.8, 4) is 0 Å². The summed E-state index contributed by atoms with van der Waals surface area (Å²) in [5, 5.41) is 5.68. The van der Waals surface area contributed by atoms with E-state index in [4.69, 9.17) is 0 Å². The minimum atomic E-state index is 0.857. The third-order valence-electron chi connectivity index (χ3n) is 3.67. The average molecular weight is 277 g/mol. The molecule has 2 rings (SSSR count). The highest BCUT2D eigenvalue weighted by Crippen LogP contribution is 2.22. The van der Waals surface area contributed by atoms with Crippen molar-refractivity contribution in [3.63, 3.8) is 0 Å². The molecule has 5 heteroatoms. The predicted octanol–water partition coefficient (Wildman–Crippen LogP) is 2.98. The molecule has 0 unspecified atom stereocenters. The number of hydrogen-bond acceptors (Lipinski definition) is 5. The van der Waals surface area contributed by atoms with E-state index in [9.17, 15) is 0 Å². The Bertz CT molecular complexity index is 427. The van der Waals surface area contributed by atoms with Crippen LogP contribution in [0, 0.1) is 6.92 Å². The number of anilines is 2. The predicted molar refractivity (Wildman–Crippen MR) is 84.0 cm³/mol. The van der Waals surface area contributed by atoms with Crippen LogP contribution in [0.2, 0.25) is 0 Å². The molecule has 1 aliphatic rings. The molecule has 112 valence electrons. The lowest BCUT2D eigenvalue weighted by Gasteiger charge is -2.28. The Morgan fingerprint density at radius 1 is 1.05 bits per heavy atom. The van der Waals surface area contributed by atoms with Crippen molar-refractivity contribution in [2.45, 2.75) is 52.9 Å². The molecule has 0 saturated carbocycles. The molecular formula is C15H27N5. The van der Waals surface area contributed by atoms with Crippen molar-refractivity contribution >= 4 is 11.6 Å². The Kier molecular flexibility index (Phi) is 5.59. The van der Waals surface area contributed by atoms with Crippen molar-refractivity contribution in [2.75, 3.05) is 30.4 Å². The van der Waals surface area contributed by atoms with Gasteiger partial charge in [0.1, 0.15) is 17.5 Å². The summed E-state index contributed by atoms with van der Waals surface area (Å²) < 4.78 is 0. The van der Waals surface area contributed by atoms with Crippen LogP contribution in [0.4, 0.5) is 11.6 Å². The molecule has 0 aromatic carbocycles. The van der Waals surface area contributed by atoms with Crippen molar-refractivity contribution in [2.24, 2.45) is 0 Å². The standard InChI is InChI=1S/C15H27N5/c1-4-9-16-14-12(3)15(18-13(5-2)17-14)19-20-10-7-6-8-11-20/h4-11H2,1-3H3,(H2,16,17,18,19). The topological polar surface area (TPSA) is 53.1 Å². The fourth-order valence-electron chi connectivity index (χ4n) is 2.40. The maximum absolute atomic E-state index is 4.65. The molecule has 2 heterocycles. The number of nitrogens with zero attached hydrogens (tertiary/aromatic N) is 3. The van der Waals surface area contributed by atoms with Crippen LogP contribution in [-0.4, -0.2) is 34.6 Å². The van der Waals surface area contributed by atoms with E-state index >= 15 is 0 Å². The molecule has 1 saturated heterocycles. The molecule has 0 atom stereocenters. The Morgan fingerprint density at radius 3 is 2.40 bits per heavy atom. The molecule has 1 fully saturated rings. The summed E-state index contributed by atoms with van der Waals surface area (Å²) in [6.07, 6.45) is 5.82. The van der Waals surface area contributed by atoms with Crippen LogP contribution in [0.5, 0.6) is 0 Å². The zero-order chi connectivity index (χ0) is 14.4. The van der Waals surface area contributed by atoms with Crippen LogP contribution in [0.15, 0.2) is 0 Å². The van der Waals surface area contributed by atoms with Gasteiger partial charge in [0.15, 0.2) is 0 Å². The molecule has 0 aliphatic carbocycles. The van der Waals surface area contributed by atoms with Crippen molar-refractivity contribution in [3.05, 3.63) is 11.4 Å². The van der Waals surface area contributed by atoms with Gasteiger partial charge in [-0.3, -0.25) is 0 Å². The number of aromatic nitrogens is 2. The van der Waals surface area contributed by atoms with E-state index in [1.165, 1.54) is 19.3 Å². The molecule has 2 N–H and O–H groups in total. The first kappa shape index (κ1) is 15.0. The fourth-order valence-corrected chi connectivity index (χ4v) is 2.40. The van der Waals surface area contributed by atoms with Crippen LogP contribution >= 0.6 is 0 Å². The fraction of sp³-hybridized carbons (Fsp3) is 0.733. The van der Waals surface area contributed by atoms with E-state index in [1.807, 2.05) is 0 Å². The highest BCUT2D eigenvalue weighted by Gasteiger charge is 2.14. The lowest BCUT2D eigenvalue weighted by Crippen LogP contribution is -2.35. The molecule has 1 aromatic rings. The molecule has 5 nitrogen and oxygen atoms in total. The highest BCUT2D eigenvalue weighted by molar-refractivity contribution is 5.56. The number of hydrogen-bond donors (Lipinski definition) is 2. The van der Waals surface area contributed by atoms with Gasteiger partial charge in [0.25, 0.3) is 0 Å². The van der Waals surface area contributed by atoms with Crippen LogP contribution in [0.1, 0.15) is 50.9 Å². The molecule has 1 aromatic heterocycles. The van der Waals surface area contributed by atoms with Gasteiger partial charge in [0.05, 0.1) is 0 Å². The van der Waals surface area contributed by atoms with Crippen LogP contribution in [-0.2, 0) is 6.42 Å². The summed E-state index contributed by atoms with van der Waals surface area (Å²) in [6, 6.07) is 0. The van der Waals surface area contributed by atoms with E-state index in [-0.39, 0.29) is 0 Å². The molecule has 0 amide bonds. The molecule has 0 spiro atoms. The zero-order valence-corrected chi connectivity index (χ0v) is 13.0. The summed E-state index contributed by atoms with van der Waals surface area (Å²) in [6.45, 7) is 9.50. The Hall–Kier alpha value is -1.36. The first-order valence-electron chi connectivity index (χ1n) is 7.87. The summed E-state index contributed by atoms with van der Waals surface area (Å²) in [4.78, 5) is 9.25. The molecule has 0 bridgehead atoms. The summed E-state index contributed by atoms with van der Waals surface area (Å²) in [5.74, 6) is 2.82. The third-order valence-corrected chi connectivity index (χ3v) is 3.67. The zero-order valence-electron chi connectivity index (χ0n) is 13.0. The SMILES string of the molecule is CCCNc1nc(CC)nc(NN2CCCCC2)c1C. The first-order chi connectivity index (χ1) is 9.74. The van der Waals surface area contributed by atoms with Gasteiger partial charge in [-0.2, -0.15) is 0 Å². The number of nitrogens with one attached hydrogen (secondary N) is 2. The van der Waals surface area contributed by atoms with Gasteiger partial charge in [0.2, 0.25) is 0 Å². The monoisotopic (exact) mass is 277 g/mol. The lowest BCUT2D eigenvalue weighted by atomic mass is 10.2. The second-order valence-electron chi connectivity index (χ2n) is 5.40. The van der Waals surface area contributed by atoms with Gasteiger partial charge < -0.3 is 10.7 Å². The summed E-state index contributed by atoms with van der Waals surface area (Å²) in [7, 11) is 0. The quantitative estimate of drug-likeness (QED) is 0.837. The first-order valence-corrected chi connectivity index (χ1v) is 7.87. The summed E-state index contributed by atoms with van der Waals surface area (Å²) >= 11 is 0. The van der Waals surface area contributed by atoms with Crippen LogP contribution in [0.3, 0.4) is 0 Å². The minimum absolute atomic E-state index is 0.857. The Morgan fingerprint density at radius 2 is 1.75 bits per heavy atom. The maximum atomic E-state index is 4.65. The van der Waals surface area contributed by atoms with E-state index < -0.39 is 0 Å². The lowest BCUT2D eigenvalue weighted by molar-refractivity contribution is 0.272. The van der Waals surface area contributed by atoms with E-state index in [0.29, 0.717) is 0 Å². The Balaban J connectivity index is 2.16. The van der Waals surface area contributed by atoms with Gasteiger partial charge >= 0.3 is 0 Å². The van der Waals surface area contributed by atoms with Gasteiger partial charge in [-0.1, -0.05) is 20.3 Å².